The second-order valence-corrected chi connectivity index (χ2v) is 8.24. The van der Waals surface area contributed by atoms with Crippen LogP contribution in [0.1, 0.15) is 70.4 Å². The molecular weight excluding hydrogens is 393 g/mol. The molecule has 7 heteroatoms. The van der Waals surface area contributed by atoms with Gasteiger partial charge in [0.25, 0.3) is 0 Å². The van der Waals surface area contributed by atoms with Gasteiger partial charge < -0.3 is 22.0 Å². The van der Waals surface area contributed by atoms with Crippen molar-refractivity contribution >= 4 is 29.4 Å². The number of nitrogens with zero attached hydrogens (tertiary/aromatic N) is 1. The van der Waals surface area contributed by atoms with Gasteiger partial charge in [-0.3, -0.25) is 0 Å². The molecule has 0 N–H and O–H groups in total. The predicted molar refractivity (Wildman–Crippen MR) is 116 cm³/mol. The lowest BCUT2D eigenvalue weighted by atomic mass is 9.98. The zero-order valence-electron chi connectivity index (χ0n) is 18.0. The van der Waals surface area contributed by atoms with Gasteiger partial charge in [0.15, 0.2) is 5.71 Å². The van der Waals surface area contributed by atoms with Gasteiger partial charge in [0.05, 0.1) is 10.9 Å². The second-order valence-electron chi connectivity index (χ2n) is 8.24. The van der Waals surface area contributed by atoms with E-state index in [0.717, 1.165) is 18.7 Å². The summed E-state index contributed by atoms with van der Waals surface area (Å²) in [5.74, 6) is 1.13. The summed E-state index contributed by atoms with van der Waals surface area (Å²) >= 11 is 0. The summed E-state index contributed by atoms with van der Waals surface area (Å²) < 4.78 is 47.7. The van der Waals surface area contributed by atoms with Gasteiger partial charge in [0.1, 0.15) is 18.4 Å². The molecule has 164 valence electrons. The quantitative estimate of drug-likeness (QED) is 0.197. The van der Waals surface area contributed by atoms with E-state index in [0.29, 0.717) is 6.10 Å². The molecule has 0 amide bonds. The van der Waals surface area contributed by atoms with E-state index in [9.17, 15) is 17.3 Å². The Morgan fingerprint density at radius 1 is 1.07 bits per heavy atom. The third kappa shape index (κ3) is 5.16. The fourth-order valence-electron chi connectivity index (χ4n) is 4.52. The molecule has 1 atom stereocenters. The number of benzene rings is 2. The Kier molecular flexibility index (Phi) is 7.09. The summed E-state index contributed by atoms with van der Waals surface area (Å²) in [6.45, 7) is 7.87. The summed E-state index contributed by atoms with van der Waals surface area (Å²) in [6.07, 6.45) is 9.41. The van der Waals surface area contributed by atoms with Gasteiger partial charge in [0, 0.05) is 36.8 Å². The Labute approximate surface area is 176 Å². The molecule has 0 bridgehead atoms. The zero-order chi connectivity index (χ0) is 21.9. The number of ether oxygens (including phenoxy) is 1. The molecule has 0 spiro atoms. The van der Waals surface area contributed by atoms with Crippen molar-refractivity contribution in [1.82, 2.24) is 0 Å². The van der Waals surface area contributed by atoms with E-state index in [1.54, 1.807) is 0 Å². The fourth-order valence-corrected chi connectivity index (χ4v) is 4.52. The minimum absolute atomic E-state index is 0.300. The summed E-state index contributed by atoms with van der Waals surface area (Å²) in [5, 5.41) is 2.71. The molecular formula is C23H30BF4NO. The highest BCUT2D eigenvalue weighted by Gasteiger charge is 2.34. The maximum atomic E-state index is 9.75. The first-order valence-electron chi connectivity index (χ1n) is 10.9. The smallest absolute Gasteiger partial charge is 0.489 e. The van der Waals surface area contributed by atoms with Gasteiger partial charge >= 0.3 is 7.25 Å². The molecule has 2 aromatic carbocycles. The van der Waals surface area contributed by atoms with Crippen LogP contribution in [0.3, 0.4) is 0 Å². The first kappa shape index (κ1) is 22.6. The minimum Gasteiger partial charge on any atom is -0.489 e. The van der Waals surface area contributed by atoms with Crippen molar-refractivity contribution in [2.24, 2.45) is 0 Å². The standard InChI is InChI=1S/C23H30NO.BF4/c1-4-5-6-7-8-9-13-24-17(3)19-11-10-12-20-22(19)21(24)15-18-14-16(2)25-23(18)20;2-1(3,4)5/h10-12,15-16H,4-9,13-14H2,1-3H3;/q+1;-1. The number of hydrogen-bond donors (Lipinski definition) is 0. The molecule has 0 saturated heterocycles. The Morgan fingerprint density at radius 3 is 2.43 bits per heavy atom. The number of fused-ring (bicyclic) bond motifs is 2. The lowest BCUT2D eigenvalue weighted by Gasteiger charge is -2.07. The SMILES string of the molecule is CCCCCCCC[N+]1=C(C)c2cccc3c4c(cc1c23)CC(C)O4.F[B-](F)(F)F. The van der Waals surface area contributed by atoms with Crippen LogP contribution in [0.15, 0.2) is 24.3 Å². The van der Waals surface area contributed by atoms with Crippen LogP contribution < -0.4 is 4.74 Å². The Balaban J connectivity index is 0.000000461. The van der Waals surface area contributed by atoms with Crippen molar-refractivity contribution in [3.8, 4) is 5.75 Å². The van der Waals surface area contributed by atoms with Crippen molar-refractivity contribution in [1.29, 1.82) is 0 Å². The molecule has 0 aliphatic carbocycles. The van der Waals surface area contributed by atoms with Crippen molar-refractivity contribution in [3.63, 3.8) is 0 Å². The average molecular weight is 423 g/mol. The molecule has 2 aromatic rings. The predicted octanol–water partition coefficient (Wildman–Crippen LogP) is 7.29. The van der Waals surface area contributed by atoms with Crippen molar-refractivity contribution in [3.05, 3.63) is 35.4 Å². The van der Waals surface area contributed by atoms with Gasteiger partial charge in [-0.05, 0) is 19.4 Å². The van der Waals surface area contributed by atoms with Gasteiger partial charge in [-0.15, -0.1) is 0 Å². The normalized spacial score (nSPS) is 17.1. The van der Waals surface area contributed by atoms with Crippen LogP contribution in [0, 0.1) is 0 Å². The molecule has 2 aliphatic rings. The number of halogens is 4. The second kappa shape index (κ2) is 9.40. The maximum absolute atomic E-state index is 9.75. The first-order valence-corrected chi connectivity index (χ1v) is 10.9. The van der Waals surface area contributed by atoms with Crippen molar-refractivity contribution < 1.29 is 26.6 Å². The largest absolute Gasteiger partial charge is 0.673 e. The molecule has 0 radical (unpaired) electrons. The van der Waals surface area contributed by atoms with Crippen LogP contribution in [-0.2, 0) is 6.42 Å². The van der Waals surface area contributed by atoms with E-state index in [1.807, 2.05) is 0 Å². The third-order valence-electron chi connectivity index (χ3n) is 5.81. The van der Waals surface area contributed by atoms with Crippen molar-refractivity contribution in [2.75, 3.05) is 6.54 Å². The van der Waals surface area contributed by atoms with E-state index in [4.69, 9.17) is 4.74 Å². The zero-order valence-corrected chi connectivity index (χ0v) is 18.0. The molecule has 2 nitrogen and oxygen atoms in total. The molecule has 0 aromatic heterocycles. The van der Waals surface area contributed by atoms with Gasteiger partial charge in [-0.25, -0.2) is 0 Å². The number of hydrogen-bond acceptors (Lipinski definition) is 1. The molecule has 2 aliphatic heterocycles. The first-order chi connectivity index (χ1) is 14.2. The van der Waals surface area contributed by atoms with Crippen LogP contribution in [0.25, 0.3) is 10.8 Å². The number of unbranched alkanes of at least 4 members (excludes halogenated alkanes) is 5. The number of rotatable bonds is 7. The third-order valence-corrected chi connectivity index (χ3v) is 5.81. The molecule has 1 unspecified atom stereocenters. The summed E-state index contributed by atoms with van der Waals surface area (Å²) in [7, 11) is -6.00. The molecule has 0 fully saturated rings. The Hall–Kier alpha value is -2.05. The van der Waals surface area contributed by atoms with E-state index >= 15 is 0 Å². The van der Waals surface area contributed by atoms with Crippen LogP contribution in [0.4, 0.5) is 23.0 Å². The van der Waals surface area contributed by atoms with E-state index in [2.05, 4.69) is 49.6 Å². The van der Waals surface area contributed by atoms with Gasteiger partial charge in [-0.2, -0.15) is 4.58 Å². The highest BCUT2D eigenvalue weighted by atomic mass is 19.5. The monoisotopic (exact) mass is 423 g/mol. The summed E-state index contributed by atoms with van der Waals surface area (Å²) in [5.41, 5.74) is 5.60. The topological polar surface area (TPSA) is 12.2 Å². The summed E-state index contributed by atoms with van der Waals surface area (Å²) in [4.78, 5) is 0. The highest BCUT2D eigenvalue weighted by molar-refractivity contribution is 6.50. The highest BCUT2D eigenvalue weighted by Crippen LogP contribution is 2.45. The van der Waals surface area contributed by atoms with Crippen LogP contribution >= 0.6 is 0 Å². The lowest BCUT2D eigenvalue weighted by molar-refractivity contribution is -0.437. The van der Waals surface area contributed by atoms with Crippen molar-refractivity contribution in [2.45, 2.75) is 71.8 Å². The molecule has 30 heavy (non-hydrogen) atoms. The van der Waals surface area contributed by atoms with E-state index in [-0.39, 0.29) is 0 Å². The van der Waals surface area contributed by atoms with Crippen LogP contribution in [-0.4, -0.2) is 30.2 Å². The van der Waals surface area contributed by atoms with Crippen LogP contribution in [0.5, 0.6) is 5.75 Å². The van der Waals surface area contributed by atoms with E-state index < -0.39 is 7.25 Å². The van der Waals surface area contributed by atoms with Crippen LogP contribution in [0.2, 0.25) is 0 Å². The molecule has 0 saturated carbocycles. The van der Waals surface area contributed by atoms with Gasteiger partial charge in [0.2, 0.25) is 5.69 Å². The average Bonchev–Trinajstić information content (AvgIpc) is 3.16. The lowest BCUT2D eigenvalue weighted by Crippen LogP contribution is -2.12. The van der Waals surface area contributed by atoms with Gasteiger partial charge in [-0.1, -0.05) is 44.7 Å². The Morgan fingerprint density at radius 2 is 1.73 bits per heavy atom. The molecule has 2 heterocycles. The molecule has 4 rings (SSSR count). The maximum Gasteiger partial charge on any atom is 0.673 e. The fraction of sp³-hybridized carbons (Fsp3) is 0.522. The summed E-state index contributed by atoms with van der Waals surface area (Å²) in [6, 6.07) is 9.10. The Bertz CT molecular complexity index is 933. The van der Waals surface area contributed by atoms with E-state index in [1.165, 1.54) is 71.8 Å². The minimum atomic E-state index is -6.00.